The SMILES string of the molecule is O=C1CN(C(=O)C=Cc2ccc(Cl)cc2Cl)CCN1. The van der Waals surface area contributed by atoms with Gasteiger partial charge in [-0.1, -0.05) is 29.3 Å². The van der Waals surface area contributed by atoms with Crippen molar-refractivity contribution in [2.75, 3.05) is 19.6 Å². The summed E-state index contributed by atoms with van der Waals surface area (Å²) in [5.41, 5.74) is 0.709. The number of halogens is 2. The minimum absolute atomic E-state index is 0.0948. The van der Waals surface area contributed by atoms with Gasteiger partial charge in [-0.05, 0) is 23.8 Å². The Labute approximate surface area is 121 Å². The summed E-state index contributed by atoms with van der Waals surface area (Å²) in [6.45, 7) is 1.10. The van der Waals surface area contributed by atoms with Crippen LogP contribution in [-0.4, -0.2) is 36.3 Å². The van der Waals surface area contributed by atoms with Crippen LogP contribution in [0.15, 0.2) is 24.3 Å². The molecule has 1 aromatic rings. The molecule has 1 saturated heterocycles. The van der Waals surface area contributed by atoms with E-state index in [0.29, 0.717) is 28.7 Å². The van der Waals surface area contributed by atoms with Crippen molar-refractivity contribution >= 4 is 41.1 Å². The molecule has 1 aromatic carbocycles. The molecule has 0 bridgehead atoms. The maximum atomic E-state index is 11.9. The van der Waals surface area contributed by atoms with Gasteiger partial charge in [-0.25, -0.2) is 0 Å². The minimum atomic E-state index is -0.208. The third-order valence-corrected chi connectivity index (χ3v) is 3.28. The first kappa shape index (κ1) is 13.9. The molecule has 0 aromatic heterocycles. The van der Waals surface area contributed by atoms with Crippen LogP contribution in [0.5, 0.6) is 0 Å². The highest BCUT2D eigenvalue weighted by Crippen LogP contribution is 2.22. The van der Waals surface area contributed by atoms with E-state index in [1.54, 1.807) is 24.3 Å². The van der Waals surface area contributed by atoms with Gasteiger partial charge in [0.2, 0.25) is 11.8 Å². The monoisotopic (exact) mass is 298 g/mol. The molecule has 0 saturated carbocycles. The molecule has 0 radical (unpaired) electrons. The van der Waals surface area contributed by atoms with E-state index in [1.807, 2.05) is 0 Å². The molecule has 1 heterocycles. The van der Waals surface area contributed by atoms with Gasteiger partial charge in [0.1, 0.15) is 0 Å². The molecule has 6 heteroatoms. The molecular formula is C13H12Cl2N2O2. The van der Waals surface area contributed by atoms with Gasteiger partial charge < -0.3 is 10.2 Å². The number of hydrogen-bond donors (Lipinski definition) is 1. The van der Waals surface area contributed by atoms with E-state index in [4.69, 9.17) is 23.2 Å². The predicted molar refractivity (Wildman–Crippen MR) is 75.1 cm³/mol. The lowest BCUT2D eigenvalue weighted by Crippen LogP contribution is -2.49. The number of amides is 2. The molecule has 2 rings (SSSR count). The van der Waals surface area contributed by atoms with Crippen LogP contribution < -0.4 is 5.32 Å². The zero-order valence-corrected chi connectivity index (χ0v) is 11.5. The fraction of sp³-hybridized carbons (Fsp3) is 0.231. The number of nitrogens with one attached hydrogen (secondary N) is 1. The number of benzene rings is 1. The van der Waals surface area contributed by atoms with Crippen LogP contribution in [0.25, 0.3) is 6.08 Å². The quantitative estimate of drug-likeness (QED) is 0.849. The normalized spacial score (nSPS) is 15.7. The highest BCUT2D eigenvalue weighted by atomic mass is 35.5. The maximum absolute atomic E-state index is 11.9. The smallest absolute Gasteiger partial charge is 0.247 e. The Hall–Kier alpha value is -1.52. The number of piperazine rings is 1. The first-order valence-corrected chi connectivity index (χ1v) is 6.50. The molecule has 100 valence electrons. The second kappa shape index (κ2) is 6.08. The fourth-order valence-corrected chi connectivity index (χ4v) is 2.20. The van der Waals surface area contributed by atoms with Gasteiger partial charge in [0.25, 0.3) is 0 Å². The summed E-state index contributed by atoms with van der Waals surface area (Å²) in [5.74, 6) is -0.349. The van der Waals surface area contributed by atoms with Gasteiger partial charge in [0.05, 0.1) is 6.54 Å². The lowest BCUT2D eigenvalue weighted by Gasteiger charge is -2.25. The van der Waals surface area contributed by atoms with Crippen molar-refractivity contribution in [1.82, 2.24) is 10.2 Å². The van der Waals surface area contributed by atoms with Crippen molar-refractivity contribution in [3.8, 4) is 0 Å². The topological polar surface area (TPSA) is 49.4 Å². The van der Waals surface area contributed by atoms with Crippen LogP contribution in [0, 0.1) is 0 Å². The molecule has 4 nitrogen and oxygen atoms in total. The van der Waals surface area contributed by atoms with E-state index in [-0.39, 0.29) is 18.4 Å². The Morgan fingerprint density at radius 1 is 1.37 bits per heavy atom. The van der Waals surface area contributed by atoms with Gasteiger partial charge >= 0.3 is 0 Å². The van der Waals surface area contributed by atoms with E-state index in [0.717, 1.165) is 0 Å². The standard InChI is InChI=1S/C13H12Cl2N2O2/c14-10-3-1-9(11(15)7-10)2-4-13(19)17-6-5-16-12(18)8-17/h1-4,7H,5-6,8H2,(H,16,18). The second-order valence-corrected chi connectivity index (χ2v) is 4.95. The van der Waals surface area contributed by atoms with Crippen LogP contribution in [0.1, 0.15) is 5.56 Å². The molecule has 0 spiro atoms. The lowest BCUT2D eigenvalue weighted by molar-refractivity contribution is -0.134. The first-order valence-electron chi connectivity index (χ1n) is 5.75. The summed E-state index contributed by atoms with van der Waals surface area (Å²) in [5, 5.41) is 3.69. The van der Waals surface area contributed by atoms with Crippen molar-refractivity contribution in [2.45, 2.75) is 0 Å². The third-order valence-electron chi connectivity index (χ3n) is 2.72. The second-order valence-electron chi connectivity index (χ2n) is 4.11. The number of hydrogen-bond acceptors (Lipinski definition) is 2. The van der Waals surface area contributed by atoms with Crippen molar-refractivity contribution in [3.05, 3.63) is 39.9 Å². The highest BCUT2D eigenvalue weighted by molar-refractivity contribution is 6.35. The molecule has 0 aliphatic carbocycles. The molecule has 1 aliphatic rings. The van der Waals surface area contributed by atoms with Crippen LogP contribution in [-0.2, 0) is 9.59 Å². The minimum Gasteiger partial charge on any atom is -0.353 e. The molecular weight excluding hydrogens is 287 g/mol. The van der Waals surface area contributed by atoms with Crippen molar-refractivity contribution in [1.29, 1.82) is 0 Å². The molecule has 1 aliphatic heterocycles. The molecule has 2 amide bonds. The van der Waals surface area contributed by atoms with E-state index in [1.165, 1.54) is 11.0 Å². The summed E-state index contributed by atoms with van der Waals surface area (Å²) < 4.78 is 0. The zero-order chi connectivity index (χ0) is 13.8. The van der Waals surface area contributed by atoms with Crippen molar-refractivity contribution < 1.29 is 9.59 Å². The Bertz CT molecular complexity index is 543. The fourth-order valence-electron chi connectivity index (χ4n) is 1.73. The zero-order valence-electron chi connectivity index (χ0n) is 10.0. The van der Waals surface area contributed by atoms with E-state index < -0.39 is 0 Å². The maximum Gasteiger partial charge on any atom is 0.247 e. The summed E-state index contributed by atoms with van der Waals surface area (Å²) in [6.07, 6.45) is 3.03. The molecule has 1 N–H and O–H groups in total. The van der Waals surface area contributed by atoms with E-state index >= 15 is 0 Å². The number of nitrogens with zero attached hydrogens (tertiary/aromatic N) is 1. The van der Waals surface area contributed by atoms with Crippen LogP contribution in [0.3, 0.4) is 0 Å². The summed E-state index contributed by atoms with van der Waals surface area (Å²) >= 11 is 11.8. The highest BCUT2D eigenvalue weighted by Gasteiger charge is 2.18. The molecule has 19 heavy (non-hydrogen) atoms. The van der Waals surface area contributed by atoms with E-state index in [9.17, 15) is 9.59 Å². The average molecular weight is 299 g/mol. The Morgan fingerprint density at radius 3 is 2.84 bits per heavy atom. The first-order chi connectivity index (χ1) is 9.06. The van der Waals surface area contributed by atoms with Gasteiger partial charge in [-0.3, -0.25) is 9.59 Å². The number of carbonyl (C=O) groups is 2. The van der Waals surface area contributed by atoms with Gasteiger partial charge in [-0.2, -0.15) is 0 Å². The molecule has 1 fully saturated rings. The van der Waals surface area contributed by atoms with Crippen LogP contribution in [0.2, 0.25) is 10.0 Å². The average Bonchev–Trinajstić information content (AvgIpc) is 2.37. The Balaban J connectivity index is 2.05. The van der Waals surface area contributed by atoms with Crippen LogP contribution >= 0.6 is 23.2 Å². The predicted octanol–water partition coefficient (Wildman–Crippen LogP) is 1.97. The molecule has 0 atom stereocenters. The van der Waals surface area contributed by atoms with Gasteiger partial charge in [0, 0.05) is 29.2 Å². The van der Waals surface area contributed by atoms with E-state index in [2.05, 4.69) is 5.32 Å². The lowest BCUT2D eigenvalue weighted by atomic mass is 10.2. The third kappa shape index (κ3) is 3.72. The van der Waals surface area contributed by atoms with Crippen LogP contribution in [0.4, 0.5) is 0 Å². The Morgan fingerprint density at radius 2 is 2.16 bits per heavy atom. The summed E-state index contributed by atoms with van der Waals surface area (Å²) in [7, 11) is 0. The molecule has 0 unspecified atom stereocenters. The number of rotatable bonds is 2. The van der Waals surface area contributed by atoms with Crippen molar-refractivity contribution in [3.63, 3.8) is 0 Å². The summed E-state index contributed by atoms with van der Waals surface area (Å²) in [4.78, 5) is 24.5. The van der Waals surface area contributed by atoms with Gasteiger partial charge in [0.15, 0.2) is 0 Å². The Kier molecular flexibility index (Phi) is 4.45. The van der Waals surface area contributed by atoms with Gasteiger partial charge in [-0.15, -0.1) is 0 Å². The van der Waals surface area contributed by atoms with Crippen molar-refractivity contribution in [2.24, 2.45) is 0 Å². The largest absolute Gasteiger partial charge is 0.353 e. The summed E-state index contributed by atoms with van der Waals surface area (Å²) in [6, 6.07) is 5.05. The number of carbonyl (C=O) groups excluding carboxylic acids is 2.